The fraction of sp³-hybridized carbons (Fsp3) is 0. The molecular weight excluding hydrogens is 181 g/mol. The van der Waals surface area contributed by atoms with Crippen LogP contribution in [0.3, 0.4) is 0 Å². The summed E-state index contributed by atoms with van der Waals surface area (Å²) < 4.78 is 12.9. The van der Waals surface area contributed by atoms with Crippen LogP contribution in [0, 0.1) is 5.82 Å². The second-order valence-electron chi connectivity index (χ2n) is 2.84. The van der Waals surface area contributed by atoms with Crippen molar-refractivity contribution in [3.8, 4) is 11.3 Å². The number of aromatic nitrogens is 2. The van der Waals surface area contributed by atoms with Crippen molar-refractivity contribution in [3.05, 3.63) is 42.5 Å². The van der Waals surface area contributed by atoms with Gasteiger partial charge in [0.05, 0.1) is 18.1 Å². The molecule has 0 amide bonds. The van der Waals surface area contributed by atoms with Crippen molar-refractivity contribution in [2.24, 2.45) is 0 Å². The number of hydrogen-bond acceptors (Lipinski definition) is 3. The Labute approximate surface area is 80.4 Å². The van der Waals surface area contributed by atoms with E-state index in [0.29, 0.717) is 17.1 Å². The molecule has 1 aromatic heterocycles. The van der Waals surface area contributed by atoms with Crippen molar-refractivity contribution in [2.75, 3.05) is 5.73 Å². The molecular formula is C10H8FN3. The number of halogens is 1. The lowest BCUT2D eigenvalue weighted by Gasteiger charge is -2.00. The highest BCUT2D eigenvalue weighted by atomic mass is 19.1. The molecule has 0 aliphatic heterocycles. The van der Waals surface area contributed by atoms with Crippen LogP contribution >= 0.6 is 0 Å². The highest BCUT2D eigenvalue weighted by Crippen LogP contribution is 2.17. The second kappa shape index (κ2) is 3.41. The lowest BCUT2D eigenvalue weighted by Crippen LogP contribution is -1.93. The van der Waals surface area contributed by atoms with Crippen LogP contribution in [0.15, 0.2) is 36.7 Å². The molecule has 3 nitrogen and oxygen atoms in total. The van der Waals surface area contributed by atoms with Crippen LogP contribution in [0.5, 0.6) is 0 Å². The maximum Gasteiger partial charge on any atom is 0.142 e. The van der Waals surface area contributed by atoms with E-state index >= 15 is 0 Å². The Hall–Kier alpha value is -1.97. The standard InChI is InChI=1S/C10H8FN3/c11-8-3-1-2-7(4-8)9-5-13-6-10(12)14-9/h1-6H,(H2,12,14). The summed E-state index contributed by atoms with van der Waals surface area (Å²) in [6.45, 7) is 0. The van der Waals surface area contributed by atoms with E-state index in [0.717, 1.165) is 0 Å². The molecule has 0 saturated heterocycles. The van der Waals surface area contributed by atoms with E-state index in [1.165, 1.54) is 18.3 Å². The molecule has 0 unspecified atom stereocenters. The quantitative estimate of drug-likeness (QED) is 0.744. The van der Waals surface area contributed by atoms with Crippen LogP contribution in [-0.2, 0) is 0 Å². The number of nitrogens with two attached hydrogens (primary N) is 1. The van der Waals surface area contributed by atoms with Gasteiger partial charge in [0.15, 0.2) is 0 Å². The number of hydrogen-bond donors (Lipinski definition) is 1. The van der Waals surface area contributed by atoms with E-state index in [2.05, 4.69) is 9.97 Å². The van der Waals surface area contributed by atoms with Crippen molar-refractivity contribution in [1.82, 2.24) is 9.97 Å². The molecule has 0 saturated carbocycles. The smallest absolute Gasteiger partial charge is 0.142 e. The average Bonchev–Trinajstić information content (AvgIpc) is 2.18. The number of nitrogens with zero attached hydrogens (tertiary/aromatic N) is 2. The van der Waals surface area contributed by atoms with Gasteiger partial charge in [-0.05, 0) is 12.1 Å². The Bertz CT molecular complexity index is 413. The number of benzene rings is 1. The fourth-order valence-electron chi connectivity index (χ4n) is 1.17. The first kappa shape index (κ1) is 8.62. The van der Waals surface area contributed by atoms with E-state index in [-0.39, 0.29) is 5.82 Å². The van der Waals surface area contributed by atoms with Crippen LogP contribution in [0.1, 0.15) is 0 Å². The molecule has 4 heteroatoms. The van der Waals surface area contributed by atoms with Crippen molar-refractivity contribution >= 4 is 5.82 Å². The Morgan fingerprint density at radius 1 is 1.21 bits per heavy atom. The first-order valence-corrected chi connectivity index (χ1v) is 4.09. The first-order chi connectivity index (χ1) is 6.75. The molecule has 0 fully saturated rings. The minimum Gasteiger partial charge on any atom is -0.382 e. The summed E-state index contributed by atoms with van der Waals surface area (Å²) >= 11 is 0. The highest BCUT2D eigenvalue weighted by molar-refractivity contribution is 5.59. The maximum atomic E-state index is 12.9. The molecule has 1 heterocycles. The van der Waals surface area contributed by atoms with Crippen molar-refractivity contribution in [3.63, 3.8) is 0 Å². The van der Waals surface area contributed by atoms with Gasteiger partial charge in [0.25, 0.3) is 0 Å². The molecule has 2 N–H and O–H groups in total. The molecule has 0 atom stereocenters. The lowest BCUT2D eigenvalue weighted by atomic mass is 10.1. The largest absolute Gasteiger partial charge is 0.382 e. The summed E-state index contributed by atoms with van der Waals surface area (Å²) in [4.78, 5) is 7.91. The van der Waals surface area contributed by atoms with E-state index in [9.17, 15) is 4.39 Å². The monoisotopic (exact) mass is 189 g/mol. The SMILES string of the molecule is Nc1cncc(-c2cccc(F)c2)n1. The average molecular weight is 189 g/mol. The third-order valence-electron chi connectivity index (χ3n) is 1.77. The maximum absolute atomic E-state index is 12.9. The van der Waals surface area contributed by atoms with Gasteiger partial charge in [-0.15, -0.1) is 0 Å². The third-order valence-corrected chi connectivity index (χ3v) is 1.77. The second-order valence-corrected chi connectivity index (χ2v) is 2.84. The zero-order valence-electron chi connectivity index (χ0n) is 7.31. The molecule has 0 bridgehead atoms. The Balaban J connectivity index is 2.49. The highest BCUT2D eigenvalue weighted by Gasteiger charge is 2.00. The summed E-state index contributed by atoms with van der Waals surface area (Å²) in [5.41, 5.74) is 6.71. The summed E-state index contributed by atoms with van der Waals surface area (Å²) in [5.74, 6) is 0.0264. The summed E-state index contributed by atoms with van der Waals surface area (Å²) in [6.07, 6.45) is 2.99. The molecule has 1 aromatic carbocycles. The predicted octanol–water partition coefficient (Wildman–Crippen LogP) is 1.86. The molecule has 0 aliphatic carbocycles. The predicted molar refractivity (Wildman–Crippen MR) is 51.8 cm³/mol. The van der Waals surface area contributed by atoms with Gasteiger partial charge in [-0.1, -0.05) is 12.1 Å². The summed E-state index contributed by atoms with van der Waals surface area (Å²) in [6, 6.07) is 6.15. The number of anilines is 1. The normalized spacial score (nSPS) is 10.1. The molecule has 0 radical (unpaired) electrons. The molecule has 14 heavy (non-hydrogen) atoms. The van der Waals surface area contributed by atoms with Gasteiger partial charge in [0.2, 0.25) is 0 Å². The van der Waals surface area contributed by atoms with Crippen molar-refractivity contribution in [1.29, 1.82) is 0 Å². The van der Waals surface area contributed by atoms with Crippen molar-refractivity contribution in [2.45, 2.75) is 0 Å². The molecule has 0 aliphatic rings. The van der Waals surface area contributed by atoms with Gasteiger partial charge < -0.3 is 5.73 Å². The van der Waals surface area contributed by atoms with Gasteiger partial charge in [0.1, 0.15) is 11.6 Å². The van der Waals surface area contributed by atoms with Crippen molar-refractivity contribution < 1.29 is 4.39 Å². The van der Waals surface area contributed by atoms with Crippen LogP contribution in [0.4, 0.5) is 10.2 Å². The van der Waals surface area contributed by atoms with Gasteiger partial charge >= 0.3 is 0 Å². The van der Waals surface area contributed by atoms with Gasteiger partial charge in [-0.2, -0.15) is 0 Å². The van der Waals surface area contributed by atoms with E-state index in [4.69, 9.17) is 5.73 Å². The van der Waals surface area contributed by atoms with Gasteiger partial charge in [-0.3, -0.25) is 4.98 Å². The molecule has 70 valence electrons. The molecule has 2 rings (SSSR count). The molecule has 0 spiro atoms. The van der Waals surface area contributed by atoms with Gasteiger partial charge in [-0.25, -0.2) is 9.37 Å². The minimum atomic E-state index is -0.299. The zero-order valence-corrected chi connectivity index (χ0v) is 7.31. The number of nitrogen functional groups attached to an aromatic ring is 1. The minimum absolute atomic E-state index is 0.299. The Kier molecular flexibility index (Phi) is 2.10. The van der Waals surface area contributed by atoms with Crippen LogP contribution in [-0.4, -0.2) is 9.97 Å². The van der Waals surface area contributed by atoms with E-state index < -0.39 is 0 Å². The van der Waals surface area contributed by atoms with Crippen LogP contribution in [0.25, 0.3) is 11.3 Å². The fourth-order valence-corrected chi connectivity index (χ4v) is 1.17. The number of rotatable bonds is 1. The first-order valence-electron chi connectivity index (χ1n) is 4.09. The van der Waals surface area contributed by atoms with E-state index in [1.807, 2.05) is 0 Å². The lowest BCUT2D eigenvalue weighted by molar-refractivity contribution is 0.628. The Morgan fingerprint density at radius 2 is 2.07 bits per heavy atom. The third kappa shape index (κ3) is 1.69. The van der Waals surface area contributed by atoms with Crippen LogP contribution < -0.4 is 5.73 Å². The topological polar surface area (TPSA) is 51.8 Å². The molecule has 2 aromatic rings. The Morgan fingerprint density at radius 3 is 2.79 bits per heavy atom. The summed E-state index contributed by atoms with van der Waals surface area (Å²) in [7, 11) is 0. The van der Waals surface area contributed by atoms with Gasteiger partial charge in [0, 0.05) is 5.56 Å². The van der Waals surface area contributed by atoms with Crippen LogP contribution in [0.2, 0.25) is 0 Å². The zero-order chi connectivity index (χ0) is 9.97. The summed E-state index contributed by atoms with van der Waals surface area (Å²) in [5, 5.41) is 0. The van der Waals surface area contributed by atoms with E-state index in [1.54, 1.807) is 18.3 Å².